The molecule has 0 saturated heterocycles. The number of ether oxygens (including phenoxy) is 1. The molecule has 23 heavy (non-hydrogen) atoms. The predicted molar refractivity (Wildman–Crippen MR) is 97.6 cm³/mol. The third-order valence-electron chi connectivity index (χ3n) is 3.43. The van der Waals surface area contributed by atoms with Crippen molar-refractivity contribution in [2.24, 2.45) is 0 Å². The molecule has 116 valence electrons. The summed E-state index contributed by atoms with van der Waals surface area (Å²) in [4.78, 5) is 4.50. The number of halogens is 1. The molecular formula is C19H16BrNO2. The van der Waals surface area contributed by atoms with E-state index >= 15 is 0 Å². The predicted octanol–water partition coefficient (Wildman–Crippen LogP) is 5.27. The quantitative estimate of drug-likeness (QED) is 0.680. The molecule has 0 aliphatic rings. The lowest BCUT2D eigenvalue weighted by molar-refractivity contribution is 0.339. The molecule has 1 aromatic heterocycles. The molecule has 3 aromatic rings. The zero-order valence-corrected chi connectivity index (χ0v) is 14.2. The molecule has 3 rings (SSSR count). The highest BCUT2D eigenvalue weighted by atomic mass is 79.9. The normalized spacial score (nSPS) is 11.2. The van der Waals surface area contributed by atoms with Gasteiger partial charge in [-0.05, 0) is 49.4 Å². The minimum Gasteiger partial charge on any atom is -0.506 e. The van der Waals surface area contributed by atoms with Gasteiger partial charge in [-0.2, -0.15) is 0 Å². The van der Waals surface area contributed by atoms with Gasteiger partial charge in [0, 0.05) is 15.4 Å². The lowest BCUT2D eigenvalue weighted by Crippen LogP contribution is -1.93. The lowest BCUT2D eigenvalue weighted by atomic mass is 10.1. The number of aromatic hydroxyl groups is 1. The summed E-state index contributed by atoms with van der Waals surface area (Å²) in [5.74, 6) is 1.02. The van der Waals surface area contributed by atoms with E-state index in [0.29, 0.717) is 12.1 Å². The van der Waals surface area contributed by atoms with Crippen molar-refractivity contribution in [2.75, 3.05) is 6.61 Å². The third kappa shape index (κ3) is 3.54. The summed E-state index contributed by atoms with van der Waals surface area (Å²) in [6.07, 6.45) is 3.88. The van der Waals surface area contributed by atoms with Crippen LogP contribution in [-0.4, -0.2) is 16.7 Å². The molecule has 1 N–H and O–H groups in total. The SMILES string of the molecule is CCOc1ccc(Br)cc1C=Cc1ccc2cccc(O)c2n1. The van der Waals surface area contributed by atoms with Gasteiger partial charge in [0.2, 0.25) is 0 Å². The molecule has 0 spiro atoms. The van der Waals surface area contributed by atoms with E-state index in [1.807, 2.05) is 61.5 Å². The second kappa shape index (κ2) is 6.84. The first-order valence-electron chi connectivity index (χ1n) is 7.36. The molecule has 0 fully saturated rings. The number of aromatic nitrogens is 1. The average Bonchev–Trinajstić information content (AvgIpc) is 2.56. The minimum absolute atomic E-state index is 0.190. The fourth-order valence-electron chi connectivity index (χ4n) is 2.35. The number of fused-ring (bicyclic) bond motifs is 1. The van der Waals surface area contributed by atoms with E-state index in [0.717, 1.165) is 26.9 Å². The Labute approximate surface area is 143 Å². The Morgan fingerprint density at radius 2 is 2.00 bits per heavy atom. The van der Waals surface area contributed by atoms with Crippen molar-refractivity contribution < 1.29 is 9.84 Å². The van der Waals surface area contributed by atoms with Crippen LogP contribution in [0.4, 0.5) is 0 Å². The van der Waals surface area contributed by atoms with Crippen LogP contribution in [0.5, 0.6) is 11.5 Å². The highest BCUT2D eigenvalue weighted by molar-refractivity contribution is 9.10. The second-order valence-corrected chi connectivity index (χ2v) is 5.95. The summed E-state index contributed by atoms with van der Waals surface area (Å²) in [6, 6.07) is 15.1. The maximum Gasteiger partial charge on any atom is 0.141 e. The van der Waals surface area contributed by atoms with Crippen LogP contribution in [0.3, 0.4) is 0 Å². The van der Waals surface area contributed by atoms with E-state index in [4.69, 9.17) is 4.74 Å². The number of phenols is 1. The van der Waals surface area contributed by atoms with E-state index in [2.05, 4.69) is 20.9 Å². The minimum atomic E-state index is 0.190. The summed E-state index contributed by atoms with van der Waals surface area (Å²) in [5, 5.41) is 10.8. The number of hydrogen-bond donors (Lipinski definition) is 1. The average molecular weight is 370 g/mol. The number of benzene rings is 2. The molecule has 0 aliphatic carbocycles. The smallest absolute Gasteiger partial charge is 0.141 e. The van der Waals surface area contributed by atoms with E-state index in [9.17, 15) is 5.11 Å². The molecule has 0 amide bonds. The van der Waals surface area contributed by atoms with E-state index in [-0.39, 0.29) is 5.75 Å². The summed E-state index contributed by atoms with van der Waals surface area (Å²) >= 11 is 3.48. The van der Waals surface area contributed by atoms with Crippen molar-refractivity contribution in [3.8, 4) is 11.5 Å². The van der Waals surface area contributed by atoms with Gasteiger partial charge in [-0.1, -0.05) is 34.1 Å². The van der Waals surface area contributed by atoms with Gasteiger partial charge in [-0.25, -0.2) is 4.98 Å². The summed E-state index contributed by atoms with van der Waals surface area (Å²) in [6.45, 7) is 2.58. The van der Waals surface area contributed by atoms with Crippen LogP contribution in [0.2, 0.25) is 0 Å². The molecule has 0 bridgehead atoms. The van der Waals surface area contributed by atoms with Crippen LogP contribution in [0.1, 0.15) is 18.2 Å². The van der Waals surface area contributed by atoms with E-state index < -0.39 is 0 Å². The molecule has 0 aliphatic heterocycles. The van der Waals surface area contributed by atoms with Crippen molar-refractivity contribution in [3.63, 3.8) is 0 Å². The van der Waals surface area contributed by atoms with Crippen LogP contribution in [0.25, 0.3) is 23.1 Å². The number of phenolic OH excluding ortho intramolecular Hbond substituents is 1. The summed E-state index contributed by atoms with van der Waals surface area (Å²) in [7, 11) is 0. The Balaban J connectivity index is 1.97. The highest BCUT2D eigenvalue weighted by Crippen LogP contribution is 2.26. The molecule has 2 aromatic carbocycles. The zero-order valence-electron chi connectivity index (χ0n) is 12.7. The standard InChI is InChI=1S/C19H16BrNO2/c1-2-23-18-11-8-15(20)12-14(18)7-10-16-9-6-13-4-3-5-17(22)19(13)21-16/h3-12,22H,2H2,1H3. The first-order valence-corrected chi connectivity index (χ1v) is 8.16. The van der Waals surface area contributed by atoms with Crippen LogP contribution in [0, 0.1) is 0 Å². The molecule has 0 unspecified atom stereocenters. The zero-order chi connectivity index (χ0) is 16.2. The van der Waals surface area contributed by atoms with Gasteiger partial charge < -0.3 is 9.84 Å². The number of pyridine rings is 1. The molecule has 0 saturated carbocycles. The van der Waals surface area contributed by atoms with Gasteiger partial charge in [-0.3, -0.25) is 0 Å². The molecule has 3 nitrogen and oxygen atoms in total. The van der Waals surface area contributed by atoms with Crippen LogP contribution >= 0.6 is 15.9 Å². The Morgan fingerprint density at radius 1 is 1.13 bits per heavy atom. The number of nitrogens with zero attached hydrogens (tertiary/aromatic N) is 1. The summed E-state index contributed by atoms with van der Waals surface area (Å²) in [5.41, 5.74) is 2.36. The molecule has 0 radical (unpaired) electrons. The number of rotatable bonds is 4. The number of para-hydroxylation sites is 1. The summed E-state index contributed by atoms with van der Waals surface area (Å²) < 4.78 is 6.63. The lowest BCUT2D eigenvalue weighted by Gasteiger charge is -2.07. The van der Waals surface area contributed by atoms with Crippen LogP contribution in [-0.2, 0) is 0 Å². The van der Waals surface area contributed by atoms with Crippen LogP contribution < -0.4 is 4.74 Å². The first kappa shape index (κ1) is 15.6. The Morgan fingerprint density at radius 3 is 2.83 bits per heavy atom. The van der Waals surface area contributed by atoms with Crippen molar-refractivity contribution in [3.05, 3.63) is 64.3 Å². The van der Waals surface area contributed by atoms with Gasteiger partial charge in [0.25, 0.3) is 0 Å². The second-order valence-electron chi connectivity index (χ2n) is 5.03. The monoisotopic (exact) mass is 369 g/mol. The van der Waals surface area contributed by atoms with Crippen molar-refractivity contribution in [1.29, 1.82) is 0 Å². The van der Waals surface area contributed by atoms with Crippen molar-refractivity contribution in [1.82, 2.24) is 4.98 Å². The first-order chi connectivity index (χ1) is 11.2. The topological polar surface area (TPSA) is 42.4 Å². The maximum atomic E-state index is 9.92. The fourth-order valence-corrected chi connectivity index (χ4v) is 2.73. The van der Waals surface area contributed by atoms with E-state index in [1.54, 1.807) is 6.07 Å². The number of hydrogen-bond acceptors (Lipinski definition) is 3. The Kier molecular flexibility index (Phi) is 4.63. The van der Waals surface area contributed by atoms with Gasteiger partial charge >= 0.3 is 0 Å². The Hall–Kier alpha value is -2.33. The molecular weight excluding hydrogens is 354 g/mol. The molecule has 0 atom stereocenters. The van der Waals surface area contributed by atoms with Crippen molar-refractivity contribution >= 4 is 39.0 Å². The van der Waals surface area contributed by atoms with E-state index in [1.165, 1.54) is 0 Å². The van der Waals surface area contributed by atoms with Crippen molar-refractivity contribution in [2.45, 2.75) is 6.92 Å². The van der Waals surface area contributed by atoms with Gasteiger partial charge in [0.05, 0.1) is 12.3 Å². The highest BCUT2D eigenvalue weighted by Gasteiger charge is 2.03. The molecule has 4 heteroatoms. The van der Waals surface area contributed by atoms with Gasteiger partial charge in [0.1, 0.15) is 17.0 Å². The fraction of sp³-hybridized carbons (Fsp3) is 0.105. The van der Waals surface area contributed by atoms with Gasteiger partial charge in [0.15, 0.2) is 0 Å². The third-order valence-corrected chi connectivity index (χ3v) is 3.92. The largest absolute Gasteiger partial charge is 0.506 e. The van der Waals surface area contributed by atoms with Gasteiger partial charge in [-0.15, -0.1) is 0 Å². The maximum absolute atomic E-state index is 9.92. The van der Waals surface area contributed by atoms with Crippen LogP contribution in [0.15, 0.2) is 53.0 Å². The Bertz CT molecular complexity index is 874. The molecule has 1 heterocycles.